The van der Waals surface area contributed by atoms with Crippen molar-refractivity contribution in [3.05, 3.63) is 24.0 Å². The number of hydrogen-bond acceptors (Lipinski definition) is 2. The van der Waals surface area contributed by atoms with Crippen molar-refractivity contribution in [2.75, 3.05) is 13.2 Å². The van der Waals surface area contributed by atoms with E-state index in [1.54, 1.807) is 6.08 Å². The summed E-state index contributed by atoms with van der Waals surface area (Å²) in [6.45, 7) is 9.17. The van der Waals surface area contributed by atoms with Crippen LogP contribution < -0.4 is 0 Å². The molecule has 1 fully saturated rings. The Kier molecular flexibility index (Phi) is 2.71. The first-order valence-corrected chi connectivity index (χ1v) is 3.78. The molecule has 0 aromatic heterocycles. The molecule has 2 nitrogen and oxygen atoms in total. The molecule has 0 saturated carbocycles. The molecule has 0 aromatic rings. The Bertz CT molecular complexity index is 174. The molecule has 2 heteroatoms. The van der Waals surface area contributed by atoms with Gasteiger partial charge in [-0.2, -0.15) is 0 Å². The average molecular weight is 154 g/mol. The summed E-state index contributed by atoms with van der Waals surface area (Å²) < 4.78 is 10.4. The molecule has 0 amide bonds. The molecule has 1 saturated heterocycles. The Balaban J connectivity index is 2.30. The van der Waals surface area contributed by atoms with Crippen LogP contribution in [-0.4, -0.2) is 19.3 Å². The van der Waals surface area contributed by atoms with Crippen molar-refractivity contribution in [3.8, 4) is 0 Å². The van der Waals surface area contributed by atoms with Crippen LogP contribution in [0.25, 0.3) is 0 Å². The largest absolute Gasteiger partial charge is 0.491 e. The third-order valence-corrected chi connectivity index (χ3v) is 1.51. The van der Waals surface area contributed by atoms with Crippen LogP contribution in [-0.2, 0) is 9.47 Å². The summed E-state index contributed by atoms with van der Waals surface area (Å²) in [7, 11) is 0. The van der Waals surface area contributed by atoms with Gasteiger partial charge in [0.2, 0.25) is 0 Å². The molecule has 11 heavy (non-hydrogen) atoms. The second-order valence-electron chi connectivity index (χ2n) is 2.83. The lowest BCUT2D eigenvalue weighted by Crippen LogP contribution is -2.00. The van der Waals surface area contributed by atoms with Gasteiger partial charge in [0, 0.05) is 0 Å². The number of ether oxygens (including phenoxy) is 2. The molecule has 1 rings (SSSR count). The monoisotopic (exact) mass is 154 g/mol. The fourth-order valence-corrected chi connectivity index (χ4v) is 0.754. The lowest BCUT2D eigenvalue weighted by molar-refractivity contribution is 0.190. The van der Waals surface area contributed by atoms with Gasteiger partial charge in [0.25, 0.3) is 0 Å². The van der Waals surface area contributed by atoms with Crippen molar-refractivity contribution in [3.63, 3.8) is 0 Å². The van der Waals surface area contributed by atoms with Gasteiger partial charge in [0.15, 0.2) is 0 Å². The van der Waals surface area contributed by atoms with Crippen molar-refractivity contribution < 1.29 is 9.47 Å². The molecule has 1 aliphatic rings. The Morgan fingerprint density at radius 2 is 2.36 bits per heavy atom. The molecule has 0 N–H and O–H groups in total. The lowest BCUT2D eigenvalue weighted by atomic mass is 10.3. The lowest BCUT2D eigenvalue weighted by Gasteiger charge is -2.05. The van der Waals surface area contributed by atoms with E-state index in [9.17, 15) is 0 Å². The molecule has 1 aliphatic heterocycles. The fourth-order valence-electron chi connectivity index (χ4n) is 0.754. The maximum absolute atomic E-state index is 5.41. The highest BCUT2D eigenvalue weighted by molar-refractivity contribution is 5.14. The summed E-state index contributed by atoms with van der Waals surface area (Å²) in [6.07, 6.45) is 2.06. The van der Waals surface area contributed by atoms with Gasteiger partial charge in [-0.05, 0) is 25.5 Å². The topological polar surface area (TPSA) is 21.8 Å². The highest BCUT2D eigenvalue weighted by Gasteiger charge is 2.23. The predicted molar refractivity (Wildman–Crippen MR) is 44.3 cm³/mol. The minimum Gasteiger partial charge on any atom is -0.491 e. The van der Waals surface area contributed by atoms with Crippen LogP contribution in [0.2, 0.25) is 0 Å². The fraction of sp³-hybridized carbons (Fsp3) is 0.556. The Morgan fingerprint density at radius 3 is 2.73 bits per heavy atom. The van der Waals surface area contributed by atoms with Crippen molar-refractivity contribution >= 4 is 0 Å². The number of allylic oxidation sites excluding steroid dienone is 2. The molecule has 0 bridgehead atoms. The zero-order valence-electron chi connectivity index (χ0n) is 7.09. The Labute approximate surface area is 67.5 Å². The summed E-state index contributed by atoms with van der Waals surface area (Å²) in [6, 6.07) is 0. The van der Waals surface area contributed by atoms with Crippen LogP contribution in [0.5, 0.6) is 0 Å². The molecular formula is C9H14O2. The number of hydrogen-bond donors (Lipinski definition) is 0. The minimum absolute atomic E-state index is 0.323. The molecular weight excluding hydrogens is 140 g/mol. The predicted octanol–water partition coefficient (Wildman–Crippen LogP) is 1.88. The molecule has 0 spiro atoms. The van der Waals surface area contributed by atoms with Crippen LogP contribution in [0.15, 0.2) is 24.0 Å². The average Bonchev–Trinajstić information content (AvgIpc) is 2.72. The van der Waals surface area contributed by atoms with E-state index in [4.69, 9.17) is 9.47 Å². The molecule has 0 aromatic carbocycles. The van der Waals surface area contributed by atoms with Crippen molar-refractivity contribution in [2.45, 2.75) is 20.0 Å². The maximum Gasteiger partial charge on any atom is 0.117 e. The van der Waals surface area contributed by atoms with Crippen LogP contribution in [0, 0.1) is 0 Å². The normalized spacial score (nSPS) is 20.7. The number of epoxide rings is 1. The van der Waals surface area contributed by atoms with Crippen LogP contribution in [0.1, 0.15) is 13.8 Å². The summed E-state index contributed by atoms with van der Waals surface area (Å²) in [4.78, 5) is 0. The van der Waals surface area contributed by atoms with E-state index in [-0.39, 0.29) is 0 Å². The van der Waals surface area contributed by atoms with Gasteiger partial charge in [0.1, 0.15) is 18.5 Å². The summed E-state index contributed by atoms with van der Waals surface area (Å²) in [5.74, 6) is 0.875. The molecule has 62 valence electrons. The first-order valence-electron chi connectivity index (χ1n) is 3.78. The first-order chi connectivity index (χ1) is 5.24. The third kappa shape index (κ3) is 2.76. The molecule has 1 heterocycles. The third-order valence-electron chi connectivity index (χ3n) is 1.51. The summed E-state index contributed by atoms with van der Waals surface area (Å²) >= 11 is 0. The summed E-state index contributed by atoms with van der Waals surface area (Å²) in [5, 5.41) is 0. The van der Waals surface area contributed by atoms with Gasteiger partial charge in [-0.25, -0.2) is 0 Å². The van der Waals surface area contributed by atoms with Gasteiger partial charge < -0.3 is 9.47 Å². The second-order valence-corrected chi connectivity index (χ2v) is 2.83. The van der Waals surface area contributed by atoms with Gasteiger partial charge >= 0.3 is 0 Å². The van der Waals surface area contributed by atoms with Crippen molar-refractivity contribution in [1.29, 1.82) is 0 Å². The molecule has 1 unspecified atom stereocenters. The minimum atomic E-state index is 0.323. The molecule has 1 atom stereocenters. The van der Waals surface area contributed by atoms with E-state index < -0.39 is 0 Å². The van der Waals surface area contributed by atoms with Crippen molar-refractivity contribution in [2.24, 2.45) is 0 Å². The number of rotatable bonds is 4. The van der Waals surface area contributed by atoms with E-state index in [0.29, 0.717) is 12.7 Å². The van der Waals surface area contributed by atoms with Gasteiger partial charge in [-0.15, -0.1) is 0 Å². The van der Waals surface area contributed by atoms with Gasteiger partial charge in [0.05, 0.1) is 6.61 Å². The highest BCUT2D eigenvalue weighted by Crippen LogP contribution is 2.13. The van der Waals surface area contributed by atoms with E-state index in [0.717, 1.165) is 17.9 Å². The standard InChI is InChI=1S/C9H14O2/c1-4-9(7(2)3)11-6-8-5-10-8/h4,8H,1,5-6H2,2-3H3. The Hall–Kier alpha value is -0.760. The van der Waals surface area contributed by atoms with E-state index >= 15 is 0 Å². The highest BCUT2D eigenvalue weighted by atomic mass is 16.6. The van der Waals surface area contributed by atoms with Crippen LogP contribution in [0.4, 0.5) is 0 Å². The molecule has 0 radical (unpaired) electrons. The second kappa shape index (κ2) is 3.58. The summed E-state index contributed by atoms with van der Waals surface area (Å²) in [5.41, 5.74) is 1.15. The Morgan fingerprint density at radius 1 is 1.73 bits per heavy atom. The zero-order valence-corrected chi connectivity index (χ0v) is 7.09. The SMILES string of the molecule is C=CC(OCC1CO1)=C(C)C. The van der Waals surface area contributed by atoms with E-state index in [2.05, 4.69) is 6.58 Å². The quantitative estimate of drug-likeness (QED) is 0.350. The van der Waals surface area contributed by atoms with Crippen LogP contribution in [0.3, 0.4) is 0 Å². The van der Waals surface area contributed by atoms with Gasteiger partial charge in [-0.3, -0.25) is 0 Å². The van der Waals surface area contributed by atoms with Crippen LogP contribution >= 0.6 is 0 Å². The van der Waals surface area contributed by atoms with E-state index in [1.807, 2.05) is 13.8 Å². The van der Waals surface area contributed by atoms with E-state index in [1.165, 1.54) is 0 Å². The first kappa shape index (κ1) is 8.34. The zero-order chi connectivity index (χ0) is 8.27. The van der Waals surface area contributed by atoms with Gasteiger partial charge in [-0.1, -0.05) is 6.58 Å². The smallest absolute Gasteiger partial charge is 0.117 e. The molecule has 0 aliphatic carbocycles. The van der Waals surface area contributed by atoms with Crippen molar-refractivity contribution in [1.82, 2.24) is 0 Å². The maximum atomic E-state index is 5.41.